The van der Waals surface area contributed by atoms with Crippen molar-refractivity contribution >= 4 is 0 Å². The maximum atomic E-state index is 5.66. The van der Waals surface area contributed by atoms with Crippen LogP contribution in [0.15, 0.2) is 30.3 Å². The highest BCUT2D eigenvalue weighted by Gasteiger charge is 2.20. The molecule has 0 saturated carbocycles. The Bertz CT molecular complexity index is 323. The lowest BCUT2D eigenvalue weighted by Crippen LogP contribution is -2.34. The van der Waals surface area contributed by atoms with E-state index in [4.69, 9.17) is 5.73 Å². The molecule has 0 aromatic heterocycles. The van der Waals surface area contributed by atoms with Gasteiger partial charge in [0, 0.05) is 12.6 Å². The third kappa shape index (κ3) is 4.11. The Morgan fingerprint density at radius 1 is 1.11 bits per heavy atom. The highest BCUT2D eigenvalue weighted by atomic mass is 15.2. The van der Waals surface area contributed by atoms with E-state index in [0.29, 0.717) is 0 Å². The van der Waals surface area contributed by atoms with Crippen molar-refractivity contribution in [3.63, 3.8) is 0 Å². The summed E-state index contributed by atoms with van der Waals surface area (Å²) in [6, 6.07) is 11.6. The van der Waals surface area contributed by atoms with Gasteiger partial charge in [0.15, 0.2) is 0 Å². The molecule has 1 fully saturated rings. The zero-order chi connectivity index (χ0) is 12.6. The summed E-state index contributed by atoms with van der Waals surface area (Å²) in [7, 11) is 0. The summed E-state index contributed by atoms with van der Waals surface area (Å²) in [5.41, 5.74) is 7.11. The van der Waals surface area contributed by atoms with Gasteiger partial charge in [-0.15, -0.1) is 0 Å². The Morgan fingerprint density at radius 2 is 1.94 bits per heavy atom. The minimum Gasteiger partial charge on any atom is -0.330 e. The van der Waals surface area contributed by atoms with E-state index < -0.39 is 0 Å². The summed E-state index contributed by atoms with van der Waals surface area (Å²) < 4.78 is 0. The van der Waals surface area contributed by atoms with Crippen LogP contribution in [0.3, 0.4) is 0 Å². The molecule has 100 valence electrons. The van der Waals surface area contributed by atoms with Gasteiger partial charge in [-0.3, -0.25) is 4.90 Å². The van der Waals surface area contributed by atoms with Crippen molar-refractivity contribution in [2.24, 2.45) is 5.73 Å². The van der Waals surface area contributed by atoms with E-state index >= 15 is 0 Å². The van der Waals surface area contributed by atoms with Crippen LogP contribution in [0.5, 0.6) is 0 Å². The fraction of sp³-hybridized carbons (Fsp3) is 0.625. The highest BCUT2D eigenvalue weighted by molar-refractivity contribution is 5.14. The van der Waals surface area contributed by atoms with Gasteiger partial charge in [0.25, 0.3) is 0 Å². The molecule has 1 aromatic rings. The molecule has 0 aliphatic carbocycles. The van der Waals surface area contributed by atoms with Gasteiger partial charge in [-0.25, -0.2) is 0 Å². The number of likely N-dealkylation sites (tertiary alicyclic amines) is 1. The van der Waals surface area contributed by atoms with Crippen LogP contribution in [-0.2, 0) is 6.54 Å². The normalized spacial score (nSPS) is 21.7. The molecule has 1 heterocycles. The number of nitrogens with zero attached hydrogens (tertiary/aromatic N) is 1. The number of nitrogens with two attached hydrogens (primary N) is 1. The Balaban J connectivity index is 1.96. The minimum absolute atomic E-state index is 0.747. The van der Waals surface area contributed by atoms with Gasteiger partial charge in [-0.05, 0) is 44.3 Å². The monoisotopic (exact) mass is 246 g/mol. The lowest BCUT2D eigenvalue weighted by atomic mass is 10.0. The van der Waals surface area contributed by atoms with Gasteiger partial charge in [-0.1, -0.05) is 43.2 Å². The maximum Gasteiger partial charge on any atom is 0.0236 e. The molecule has 2 rings (SSSR count). The average Bonchev–Trinajstić information content (AvgIpc) is 2.63. The van der Waals surface area contributed by atoms with E-state index in [1.54, 1.807) is 0 Å². The summed E-state index contributed by atoms with van der Waals surface area (Å²) in [5, 5.41) is 0. The summed E-state index contributed by atoms with van der Waals surface area (Å²) in [6.07, 6.45) is 7.92. The van der Waals surface area contributed by atoms with E-state index in [9.17, 15) is 0 Å². The predicted octanol–water partition coefficient (Wildman–Crippen LogP) is 3.17. The maximum absolute atomic E-state index is 5.66. The van der Waals surface area contributed by atoms with Crippen molar-refractivity contribution in [3.8, 4) is 0 Å². The third-order valence-corrected chi connectivity index (χ3v) is 3.97. The number of benzene rings is 1. The van der Waals surface area contributed by atoms with Crippen molar-refractivity contribution in [1.29, 1.82) is 0 Å². The fourth-order valence-electron chi connectivity index (χ4n) is 2.94. The summed E-state index contributed by atoms with van der Waals surface area (Å²) >= 11 is 0. The van der Waals surface area contributed by atoms with Crippen LogP contribution in [0.2, 0.25) is 0 Å². The lowest BCUT2D eigenvalue weighted by Gasteiger charge is -2.30. The van der Waals surface area contributed by atoms with Gasteiger partial charge in [0.2, 0.25) is 0 Å². The van der Waals surface area contributed by atoms with E-state index in [2.05, 4.69) is 35.2 Å². The van der Waals surface area contributed by atoms with E-state index in [1.807, 2.05) is 0 Å². The molecular weight excluding hydrogens is 220 g/mol. The van der Waals surface area contributed by atoms with Crippen molar-refractivity contribution in [2.75, 3.05) is 13.1 Å². The summed E-state index contributed by atoms with van der Waals surface area (Å²) in [4.78, 5) is 2.68. The van der Waals surface area contributed by atoms with E-state index in [1.165, 1.54) is 44.2 Å². The SMILES string of the molecule is NCCC[C@H]1CCCCCN1Cc1ccccc1. The molecule has 2 heteroatoms. The number of rotatable bonds is 5. The smallest absolute Gasteiger partial charge is 0.0236 e. The van der Waals surface area contributed by atoms with Crippen LogP contribution in [-0.4, -0.2) is 24.0 Å². The minimum atomic E-state index is 0.747. The number of hydrogen-bond acceptors (Lipinski definition) is 2. The summed E-state index contributed by atoms with van der Waals surface area (Å²) in [6.45, 7) is 3.19. The molecule has 2 nitrogen and oxygen atoms in total. The van der Waals surface area contributed by atoms with E-state index in [0.717, 1.165) is 25.6 Å². The largest absolute Gasteiger partial charge is 0.330 e. The molecule has 0 amide bonds. The Labute approximate surface area is 111 Å². The van der Waals surface area contributed by atoms with Crippen LogP contribution in [0.4, 0.5) is 0 Å². The average molecular weight is 246 g/mol. The van der Waals surface area contributed by atoms with Crippen LogP contribution in [0.25, 0.3) is 0 Å². The molecule has 2 N–H and O–H groups in total. The van der Waals surface area contributed by atoms with Crippen LogP contribution in [0, 0.1) is 0 Å². The molecule has 0 radical (unpaired) electrons. The van der Waals surface area contributed by atoms with Gasteiger partial charge in [0.1, 0.15) is 0 Å². The first-order valence-electron chi connectivity index (χ1n) is 7.38. The predicted molar refractivity (Wildman–Crippen MR) is 77.4 cm³/mol. The molecule has 1 aromatic carbocycles. The number of hydrogen-bond donors (Lipinski definition) is 1. The van der Waals surface area contributed by atoms with Crippen molar-refractivity contribution in [1.82, 2.24) is 4.90 Å². The Kier molecular flexibility index (Phi) is 5.69. The van der Waals surface area contributed by atoms with Gasteiger partial charge >= 0.3 is 0 Å². The first-order chi connectivity index (χ1) is 8.90. The van der Waals surface area contributed by atoms with Gasteiger partial charge in [-0.2, -0.15) is 0 Å². The molecule has 1 aliphatic heterocycles. The zero-order valence-electron chi connectivity index (χ0n) is 11.4. The van der Waals surface area contributed by atoms with E-state index in [-0.39, 0.29) is 0 Å². The van der Waals surface area contributed by atoms with Crippen molar-refractivity contribution < 1.29 is 0 Å². The van der Waals surface area contributed by atoms with Crippen LogP contribution in [0.1, 0.15) is 44.1 Å². The Hall–Kier alpha value is -0.860. The lowest BCUT2D eigenvalue weighted by molar-refractivity contribution is 0.179. The molecule has 0 bridgehead atoms. The standard InChI is InChI=1S/C16H26N2/c17-12-7-11-16-10-5-2-6-13-18(16)14-15-8-3-1-4-9-15/h1,3-4,8-9,16H,2,5-7,10-14,17H2/t16-/m1/s1. The quantitative estimate of drug-likeness (QED) is 0.864. The molecule has 0 unspecified atom stereocenters. The molecular formula is C16H26N2. The second-order valence-corrected chi connectivity index (χ2v) is 5.39. The van der Waals surface area contributed by atoms with Crippen LogP contribution >= 0.6 is 0 Å². The molecule has 1 atom stereocenters. The second kappa shape index (κ2) is 7.55. The van der Waals surface area contributed by atoms with Gasteiger partial charge in [0.05, 0.1) is 0 Å². The third-order valence-electron chi connectivity index (χ3n) is 3.97. The first-order valence-corrected chi connectivity index (χ1v) is 7.38. The van der Waals surface area contributed by atoms with Crippen molar-refractivity contribution in [2.45, 2.75) is 51.1 Å². The highest BCUT2D eigenvalue weighted by Crippen LogP contribution is 2.22. The Morgan fingerprint density at radius 3 is 2.72 bits per heavy atom. The second-order valence-electron chi connectivity index (χ2n) is 5.39. The first kappa shape index (κ1) is 13.6. The van der Waals surface area contributed by atoms with Crippen molar-refractivity contribution in [3.05, 3.63) is 35.9 Å². The zero-order valence-corrected chi connectivity index (χ0v) is 11.4. The molecule has 18 heavy (non-hydrogen) atoms. The van der Waals surface area contributed by atoms with Crippen LogP contribution < -0.4 is 5.73 Å². The topological polar surface area (TPSA) is 29.3 Å². The molecule has 0 spiro atoms. The summed E-state index contributed by atoms with van der Waals surface area (Å²) in [5.74, 6) is 0. The molecule has 1 aliphatic rings. The fourth-order valence-corrected chi connectivity index (χ4v) is 2.94. The van der Waals surface area contributed by atoms with Gasteiger partial charge < -0.3 is 5.73 Å². The molecule has 1 saturated heterocycles.